The van der Waals surface area contributed by atoms with Gasteiger partial charge in [-0.05, 0) is 33.6 Å². The van der Waals surface area contributed by atoms with Crippen LogP contribution in [0.3, 0.4) is 0 Å². The molecule has 0 aliphatic carbocycles. The van der Waals surface area contributed by atoms with Crippen LogP contribution in [0, 0.1) is 5.92 Å². The zero-order valence-electron chi connectivity index (χ0n) is 24.0. The third-order valence-corrected chi connectivity index (χ3v) is 8.30. The maximum absolute atomic E-state index is 13.3. The zero-order valence-corrected chi connectivity index (χ0v) is 24.9. The van der Waals surface area contributed by atoms with E-state index in [-0.39, 0.29) is 30.7 Å². The lowest BCUT2D eigenvalue weighted by molar-refractivity contribution is -0.161. The standard InChI is InChI=1S/C25H41N2O12P/c1-8-36-40(34,37-9-2)14-16(4)22-23(38-21(33)11-10-20(31)32)24(35-13-19(30)26-7)25(39-22)27(18(6)29)12-15(3)17(5)28/h12,16,22-25H,8-11,13-14H2,1-7H3,(H,26,30)(H,31,32)/b15-12-/t16-,22+,23+,24+,25+/m0/s1. The average molecular weight is 593 g/mol. The maximum atomic E-state index is 13.3. The van der Waals surface area contributed by atoms with Gasteiger partial charge in [0.15, 0.2) is 18.1 Å². The number of carboxylic acids is 1. The van der Waals surface area contributed by atoms with Gasteiger partial charge in [0.1, 0.15) is 18.8 Å². The first kappa shape index (κ1) is 35.4. The summed E-state index contributed by atoms with van der Waals surface area (Å²) in [4.78, 5) is 61.4. The van der Waals surface area contributed by atoms with Crippen LogP contribution in [0.4, 0.5) is 0 Å². The number of aliphatic carboxylic acids is 1. The Morgan fingerprint density at radius 3 is 2.12 bits per heavy atom. The first-order valence-electron chi connectivity index (χ1n) is 12.9. The Bertz CT molecular complexity index is 990. The Morgan fingerprint density at radius 2 is 1.65 bits per heavy atom. The molecular weight excluding hydrogens is 551 g/mol. The number of carbonyl (C=O) groups excluding carboxylic acids is 4. The van der Waals surface area contributed by atoms with E-state index >= 15 is 0 Å². The number of nitrogens with one attached hydrogen (secondary N) is 1. The number of Topliss-reactive ketones (excluding diaryl/α,β-unsaturated/α-hetero) is 1. The fourth-order valence-electron chi connectivity index (χ4n) is 3.96. The highest BCUT2D eigenvalue weighted by molar-refractivity contribution is 7.53. The highest BCUT2D eigenvalue weighted by Gasteiger charge is 2.53. The molecule has 0 bridgehead atoms. The molecule has 228 valence electrons. The number of rotatable bonds is 17. The molecule has 0 aromatic heterocycles. The molecule has 2 N–H and O–H groups in total. The summed E-state index contributed by atoms with van der Waals surface area (Å²) in [5.74, 6) is -4.15. The van der Waals surface area contributed by atoms with Crippen molar-refractivity contribution in [2.75, 3.05) is 33.0 Å². The minimum Gasteiger partial charge on any atom is -0.481 e. The van der Waals surface area contributed by atoms with Gasteiger partial charge < -0.3 is 33.7 Å². The van der Waals surface area contributed by atoms with Crippen molar-refractivity contribution in [3.05, 3.63) is 11.8 Å². The van der Waals surface area contributed by atoms with E-state index in [0.717, 1.165) is 4.90 Å². The summed E-state index contributed by atoms with van der Waals surface area (Å²) < 4.78 is 41.8. The Balaban J connectivity index is 3.59. The number of carbonyl (C=O) groups is 5. The van der Waals surface area contributed by atoms with E-state index in [0.29, 0.717) is 0 Å². The van der Waals surface area contributed by atoms with Crippen LogP contribution >= 0.6 is 7.60 Å². The molecule has 1 saturated heterocycles. The first-order chi connectivity index (χ1) is 18.7. The van der Waals surface area contributed by atoms with Crippen LogP contribution in [0.1, 0.15) is 54.4 Å². The number of hydrogen-bond acceptors (Lipinski definition) is 11. The van der Waals surface area contributed by atoms with Gasteiger partial charge in [0.25, 0.3) is 0 Å². The second-order valence-electron chi connectivity index (χ2n) is 9.19. The predicted molar refractivity (Wildman–Crippen MR) is 141 cm³/mol. The molecule has 0 unspecified atom stereocenters. The lowest BCUT2D eigenvalue weighted by Gasteiger charge is -2.30. The van der Waals surface area contributed by atoms with Crippen LogP contribution in [-0.4, -0.2) is 97.1 Å². The van der Waals surface area contributed by atoms with E-state index in [1.54, 1.807) is 20.8 Å². The van der Waals surface area contributed by atoms with E-state index in [1.165, 1.54) is 34.0 Å². The van der Waals surface area contributed by atoms with Crippen LogP contribution in [0.25, 0.3) is 0 Å². The number of hydrogen-bond donors (Lipinski definition) is 2. The number of likely N-dealkylation sites (N-methyl/N-ethyl adjacent to an activating group) is 1. The number of carboxylic acid groups (broad SMARTS) is 1. The van der Waals surface area contributed by atoms with Gasteiger partial charge in [0, 0.05) is 25.7 Å². The normalized spacial score (nSPS) is 21.9. The zero-order chi connectivity index (χ0) is 30.6. The molecule has 2 amide bonds. The summed E-state index contributed by atoms with van der Waals surface area (Å²) in [6, 6.07) is 0. The van der Waals surface area contributed by atoms with Gasteiger partial charge in [0.05, 0.1) is 32.2 Å². The summed E-state index contributed by atoms with van der Waals surface area (Å²) in [6.45, 7) is 8.72. The molecule has 5 atom stereocenters. The Morgan fingerprint density at radius 1 is 1.05 bits per heavy atom. The quantitative estimate of drug-likeness (QED) is 0.142. The van der Waals surface area contributed by atoms with Crippen molar-refractivity contribution < 1.29 is 56.9 Å². The number of amides is 2. The molecule has 1 aliphatic rings. The molecule has 40 heavy (non-hydrogen) atoms. The van der Waals surface area contributed by atoms with Gasteiger partial charge in [0.2, 0.25) is 11.8 Å². The van der Waals surface area contributed by atoms with Gasteiger partial charge in [-0.3, -0.25) is 33.4 Å². The summed E-state index contributed by atoms with van der Waals surface area (Å²) in [7, 11) is -2.22. The minimum atomic E-state index is -3.61. The number of nitrogens with zero attached hydrogens (tertiary/aromatic N) is 1. The van der Waals surface area contributed by atoms with Crippen LogP contribution in [0.15, 0.2) is 11.8 Å². The number of allylic oxidation sites excluding steroid dienone is 1. The Labute approximate surface area is 234 Å². The average Bonchev–Trinajstić information content (AvgIpc) is 3.21. The van der Waals surface area contributed by atoms with Gasteiger partial charge in [-0.25, -0.2) is 0 Å². The molecule has 0 saturated carbocycles. The van der Waals surface area contributed by atoms with Crippen molar-refractivity contribution >= 4 is 37.1 Å². The molecular formula is C25H41N2O12P. The second-order valence-corrected chi connectivity index (χ2v) is 11.3. The highest BCUT2D eigenvalue weighted by atomic mass is 31.2. The van der Waals surface area contributed by atoms with E-state index < -0.39 is 81.3 Å². The molecule has 0 aromatic carbocycles. The summed E-state index contributed by atoms with van der Waals surface area (Å²) in [5.41, 5.74) is 0.215. The lowest BCUT2D eigenvalue weighted by atomic mass is 9.99. The van der Waals surface area contributed by atoms with Crippen molar-refractivity contribution in [1.82, 2.24) is 10.2 Å². The van der Waals surface area contributed by atoms with Crippen LogP contribution < -0.4 is 5.32 Å². The fraction of sp³-hybridized carbons (Fsp3) is 0.720. The van der Waals surface area contributed by atoms with Crippen LogP contribution in [0.2, 0.25) is 0 Å². The number of ether oxygens (including phenoxy) is 3. The van der Waals surface area contributed by atoms with Crippen molar-refractivity contribution in [3.63, 3.8) is 0 Å². The third kappa shape index (κ3) is 10.7. The molecule has 14 nitrogen and oxygen atoms in total. The van der Waals surface area contributed by atoms with Crippen molar-refractivity contribution in [2.45, 2.75) is 78.9 Å². The molecule has 1 rings (SSSR count). The van der Waals surface area contributed by atoms with Crippen molar-refractivity contribution in [2.24, 2.45) is 5.92 Å². The lowest BCUT2D eigenvalue weighted by Crippen LogP contribution is -2.48. The summed E-state index contributed by atoms with van der Waals surface area (Å²) >= 11 is 0. The molecule has 1 aliphatic heterocycles. The predicted octanol–water partition coefficient (Wildman–Crippen LogP) is 1.86. The van der Waals surface area contributed by atoms with Gasteiger partial charge >= 0.3 is 19.5 Å². The van der Waals surface area contributed by atoms with Crippen LogP contribution in [-0.2, 0) is 51.8 Å². The van der Waals surface area contributed by atoms with Crippen LogP contribution in [0.5, 0.6) is 0 Å². The summed E-state index contributed by atoms with van der Waals surface area (Å²) in [6.07, 6.45) is -4.70. The monoisotopic (exact) mass is 592 g/mol. The van der Waals surface area contributed by atoms with E-state index in [1.807, 2.05) is 0 Å². The molecule has 1 heterocycles. The Hall–Kier alpha value is -2.64. The SMILES string of the molecule is CCOP(=O)(C[C@H](C)[C@H]1O[C@@H](N(/C=C(/C)C(C)=O)C(C)=O)[C@H](OCC(=O)NC)[C@@H]1OC(=O)CCC(=O)O)OCC. The van der Waals surface area contributed by atoms with Crippen molar-refractivity contribution in [1.29, 1.82) is 0 Å². The Kier molecular flexibility index (Phi) is 14.7. The minimum absolute atomic E-state index is 0.108. The number of ketones is 1. The molecule has 0 aromatic rings. The molecule has 0 radical (unpaired) electrons. The maximum Gasteiger partial charge on any atom is 0.331 e. The molecule has 0 spiro atoms. The largest absolute Gasteiger partial charge is 0.481 e. The number of esters is 1. The fourth-order valence-corrected chi connectivity index (χ4v) is 5.94. The summed E-state index contributed by atoms with van der Waals surface area (Å²) in [5, 5.41) is 11.4. The highest BCUT2D eigenvalue weighted by Crippen LogP contribution is 2.51. The van der Waals surface area contributed by atoms with Gasteiger partial charge in [-0.1, -0.05) is 6.92 Å². The van der Waals surface area contributed by atoms with Gasteiger partial charge in [-0.2, -0.15) is 0 Å². The molecule has 15 heteroatoms. The van der Waals surface area contributed by atoms with Crippen molar-refractivity contribution in [3.8, 4) is 0 Å². The smallest absolute Gasteiger partial charge is 0.331 e. The van der Waals surface area contributed by atoms with Gasteiger partial charge in [-0.15, -0.1) is 0 Å². The topological polar surface area (TPSA) is 184 Å². The molecule has 1 fully saturated rings. The van der Waals surface area contributed by atoms with E-state index in [4.69, 9.17) is 28.4 Å². The van der Waals surface area contributed by atoms with E-state index in [9.17, 15) is 28.5 Å². The second kappa shape index (κ2) is 16.6. The third-order valence-electron chi connectivity index (χ3n) is 5.97. The first-order valence-corrected chi connectivity index (χ1v) is 14.7. The van der Waals surface area contributed by atoms with E-state index in [2.05, 4.69) is 5.32 Å².